The first-order valence-corrected chi connectivity index (χ1v) is 9.97. The van der Waals surface area contributed by atoms with E-state index in [0.29, 0.717) is 21.9 Å². The van der Waals surface area contributed by atoms with Crippen molar-refractivity contribution in [2.75, 3.05) is 31.7 Å². The number of benzene rings is 1. The van der Waals surface area contributed by atoms with Crippen LogP contribution in [0.3, 0.4) is 0 Å². The average molecular weight is 441 g/mol. The zero-order chi connectivity index (χ0) is 22.8. The van der Waals surface area contributed by atoms with E-state index in [9.17, 15) is 20.1 Å². The minimum Gasteiger partial charge on any atom is -0.453 e. The van der Waals surface area contributed by atoms with E-state index in [-0.39, 0.29) is 35.8 Å². The van der Waals surface area contributed by atoms with Gasteiger partial charge in [0.1, 0.15) is 34.3 Å². The van der Waals surface area contributed by atoms with Crippen LogP contribution in [-0.2, 0) is 9.47 Å². The number of hydrogen-bond donors (Lipinski definition) is 2. The molecule has 11 heteroatoms. The van der Waals surface area contributed by atoms with Crippen LogP contribution in [0.1, 0.15) is 18.1 Å². The van der Waals surface area contributed by atoms with Crippen LogP contribution in [0.15, 0.2) is 29.3 Å². The Morgan fingerprint density at radius 2 is 1.87 bits per heavy atom. The summed E-state index contributed by atoms with van der Waals surface area (Å²) in [5.74, 6) is 0.616. The number of anilines is 1. The number of alkyl carbamates (subject to hydrolysis) is 1. The maximum absolute atomic E-state index is 11.5. The first-order chi connectivity index (χ1) is 14.9. The fraction of sp³-hybridized carbons (Fsp3) is 0.250. The van der Waals surface area contributed by atoms with Gasteiger partial charge in [-0.2, -0.15) is 10.5 Å². The number of nitrogens with two attached hydrogens (primary N) is 1. The van der Waals surface area contributed by atoms with Crippen LogP contribution in [0.4, 0.5) is 15.4 Å². The fourth-order valence-corrected chi connectivity index (χ4v) is 3.35. The van der Waals surface area contributed by atoms with Gasteiger partial charge >= 0.3 is 12.2 Å². The number of amides is 1. The van der Waals surface area contributed by atoms with Crippen LogP contribution in [-0.4, -0.2) is 43.2 Å². The predicted molar refractivity (Wildman–Crippen MR) is 112 cm³/mol. The van der Waals surface area contributed by atoms with Crippen molar-refractivity contribution in [1.29, 1.82) is 10.5 Å². The average Bonchev–Trinajstić information content (AvgIpc) is 2.76. The molecule has 3 N–H and O–H groups in total. The highest BCUT2D eigenvalue weighted by Crippen LogP contribution is 2.36. The number of carbonyl (C=O) groups is 2. The number of rotatable bonds is 7. The summed E-state index contributed by atoms with van der Waals surface area (Å²) in [4.78, 5) is 26.8. The maximum Gasteiger partial charge on any atom is 0.513 e. The van der Waals surface area contributed by atoms with Crippen molar-refractivity contribution in [3.8, 4) is 29.0 Å². The summed E-state index contributed by atoms with van der Waals surface area (Å²) in [6.07, 6.45) is -1.41. The Hall–Kier alpha value is -3.96. The minimum atomic E-state index is -0.835. The number of aromatic nitrogens is 1. The number of nitrogens with one attached hydrogen (secondary N) is 1. The standard InChI is InChI=1S/C20H19N5O5S/c1-3-29-20(27)30-13-6-4-12(5-7-13)16-14(10-21)17(23)25-18(15(16)11-22)31-9-8-24-19(26)28-2/h4-7H,3,8-9H2,1-2H3,(H2,23,25)(H,24,26). The van der Waals surface area contributed by atoms with E-state index >= 15 is 0 Å². The second kappa shape index (κ2) is 11.3. The van der Waals surface area contributed by atoms with E-state index in [4.69, 9.17) is 15.2 Å². The lowest BCUT2D eigenvalue weighted by atomic mass is 9.97. The number of pyridine rings is 1. The molecule has 10 nitrogen and oxygen atoms in total. The molecule has 0 fully saturated rings. The molecule has 1 heterocycles. The van der Waals surface area contributed by atoms with E-state index in [1.807, 2.05) is 6.07 Å². The summed E-state index contributed by atoms with van der Waals surface area (Å²) in [6.45, 7) is 2.12. The Morgan fingerprint density at radius 3 is 2.45 bits per heavy atom. The fourth-order valence-electron chi connectivity index (χ4n) is 2.50. The van der Waals surface area contributed by atoms with Crippen LogP contribution in [0.25, 0.3) is 11.1 Å². The molecule has 1 aromatic carbocycles. The SMILES string of the molecule is CCOC(=O)Oc1ccc(-c2c(C#N)c(N)nc(SCCNC(=O)OC)c2C#N)cc1. The van der Waals surface area contributed by atoms with Gasteiger partial charge in [-0.05, 0) is 24.6 Å². The molecule has 160 valence electrons. The molecule has 0 aliphatic carbocycles. The molecule has 0 bridgehead atoms. The number of nitriles is 2. The van der Waals surface area contributed by atoms with E-state index in [1.54, 1.807) is 19.1 Å². The molecule has 0 unspecified atom stereocenters. The highest BCUT2D eigenvalue weighted by molar-refractivity contribution is 7.99. The summed E-state index contributed by atoms with van der Waals surface area (Å²) in [6, 6.07) is 10.3. The van der Waals surface area contributed by atoms with Gasteiger partial charge in [-0.1, -0.05) is 12.1 Å². The van der Waals surface area contributed by atoms with Crippen molar-refractivity contribution >= 4 is 29.8 Å². The molecular formula is C20H19N5O5S. The van der Waals surface area contributed by atoms with Gasteiger partial charge in [0.2, 0.25) is 0 Å². The van der Waals surface area contributed by atoms with Gasteiger partial charge in [-0.3, -0.25) is 0 Å². The molecule has 0 aliphatic heterocycles. The van der Waals surface area contributed by atoms with Crippen LogP contribution in [0, 0.1) is 22.7 Å². The third-order valence-electron chi connectivity index (χ3n) is 3.82. The highest BCUT2D eigenvalue weighted by atomic mass is 32.2. The largest absolute Gasteiger partial charge is 0.513 e. The monoisotopic (exact) mass is 441 g/mol. The normalized spacial score (nSPS) is 9.81. The van der Waals surface area contributed by atoms with E-state index in [1.165, 1.54) is 31.0 Å². The zero-order valence-corrected chi connectivity index (χ0v) is 17.6. The lowest BCUT2D eigenvalue weighted by Gasteiger charge is -2.13. The lowest BCUT2D eigenvalue weighted by molar-refractivity contribution is 0.104. The van der Waals surface area contributed by atoms with E-state index in [2.05, 4.69) is 21.1 Å². The van der Waals surface area contributed by atoms with Crippen molar-refractivity contribution in [1.82, 2.24) is 10.3 Å². The third kappa shape index (κ3) is 6.01. The summed E-state index contributed by atoms with van der Waals surface area (Å²) >= 11 is 1.20. The van der Waals surface area contributed by atoms with Crippen molar-refractivity contribution in [3.63, 3.8) is 0 Å². The van der Waals surface area contributed by atoms with Gasteiger partial charge in [0.25, 0.3) is 0 Å². The Kier molecular flexibility index (Phi) is 8.49. The second-order valence-electron chi connectivity index (χ2n) is 5.73. The quantitative estimate of drug-likeness (QED) is 0.283. The molecule has 0 aliphatic rings. The first kappa shape index (κ1) is 23.3. The number of thioether (sulfide) groups is 1. The van der Waals surface area contributed by atoms with Gasteiger partial charge in [-0.25, -0.2) is 14.6 Å². The zero-order valence-electron chi connectivity index (χ0n) is 16.8. The number of nitrogen functional groups attached to an aromatic ring is 1. The molecule has 0 atom stereocenters. The Labute approximate surface area is 182 Å². The van der Waals surface area contributed by atoms with E-state index < -0.39 is 12.2 Å². The Morgan fingerprint density at radius 1 is 1.19 bits per heavy atom. The molecule has 2 aromatic rings. The number of methoxy groups -OCH3 is 1. The number of ether oxygens (including phenoxy) is 3. The van der Waals surface area contributed by atoms with Crippen molar-refractivity contribution in [2.45, 2.75) is 11.9 Å². The molecule has 31 heavy (non-hydrogen) atoms. The van der Waals surface area contributed by atoms with Gasteiger partial charge in [0, 0.05) is 17.9 Å². The van der Waals surface area contributed by atoms with Gasteiger partial charge in [-0.15, -0.1) is 11.8 Å². The molecular weight excluding hydrogens is 422 g/mol. The molecule has 0 spiro atoms. The molecule has 1 aromatic heterocycles. The van der Waals surface area contributed by atoms with Crippen molar-refractivity contribution < 1.29 is 23.8 Å². The van der Waals surface area contributed by atoms with E-state index in [0.717, 1.165) is 0 Å². The number of nitrogens with zero attached hydrogens (tertiary/aromatic N) is 3. The summed E-state index contributed by atoms with van der Waals surface area (Å²) in [5, 5.41) is 22.2. The van der Waals surface area contributed by atoms with Crippen molar-refractivity contribution in [2.24, 2.45) is 0 Å². The van der Waals surface area contributed by atoms with Crippen LogP contribution >= 0.6 is 11.8 Å². The topological polar surface area (TPSA) is 160 Å². The molecule has 0 radical (unpaired) electrons. The van der Waals surface area contributed by atoms with Crippen LogP contribution in [0.5, 0.6) is 5.75 Å². The number of hydrogen-bond acceptors (Lipinski definition) is 10. The Balaban J connectivity index is 2.36. The van der Waals surface area contributed by atoms with Crippen LogP contribution < -0.4 is 15.8 Å². The molecule has 1 amide bonds. The predicted octanol–water partition coefficient (Wildman–Crippen LogP) is 3.06. The molecule has 0 saturated carbocycles. The smallest absolute Gasteiger partial charge is 0.453 e. The minimum absolute atomic E-state index is 0.0215. The van der Waals surface area contributed by atoms with Crippen molar-refractivity contribution in [3.05, 3.63) is 35.4 Å². The first-order valence-electron chi connectivity index (χ1n) is 8.98. The summed E-state index contributed by atoms with van der Waals surface area (Å²) in [7, 11) is 1.26. The Bertz CT molecular complexity index is 1040. The summed E-state index contributed by atoms with van der Waals surface area (Å²) in [5.41, 5.74) is 7.05. The number of carbonyl (C=O) groups excluding carboxylic acids is 2. The molecule has 0 saturated heterocycles. The summed E-state index contributed by atoms with van der Waals surface area (Å²) < 4.78 is 14.2. The van der Waals surface area contributed by atoms with Gasteiger partial charge < -0.3 is 25.3 Å². The third-order valence-corrected chi connectivity index (χ3v) is 4.79. The van der Waals surface area contributed by atoms with Gasteiger partial charge in [0.15, 0.2) is 0 Å². The maximum atomic E-state index is 11.5. The van der Waals surface area contributed by atoms with Gasteiger partial charge in [0.05, 0.1) is 19.3 Å². The highest BCUT2D eigenvalue weighted by Gasteiger charge is 2.20. The lowest BCUT2D eigenvalue weighted by Crippen LogP contribution is -2.25. The second-order valence-corrected chi connectivity index (χ2v) is 6.81. The van der Waals surface area contributed by atoms with Crippen LogP contribution in [0.2, 0.25) is 0 Å². The molecule has 2 rings (SSSR count).